The molecule has 1 fully saturated rings. The van der Waals surface area contributed by atoms with E-state index in [0.29, 0.717) is 31.9 Å². The van der Waals surface area contributed by atoms with Crippen LogP contribution in [-0.2, 0) is 0 Å². The average Bonchev–Trinajstić information content (AvgIpc) is 2.54. The third-order valence-electron chi connectivity index (χ3n) is 3.86. The number of alkyl halides is 3. The van der Waals surface area contributed by atoms with Gasteiger partial charge in [0.1, 0.15) is 6.04 Å². The Kier molecular flexibility index (Phi) is 9.71. The summed E-state index contributed by atoms with van der Waals surface area (Å²) in [6, 6.07) is 1.11. The van der Waals surface area contributed by atoms with Crippen LogP contribution in [0.4, 0.5) is 13.2 Å². The quantitative estimate of drug-likeness (QED) is 0.813. The van der Waals surface area contributed by atoms with E-state index in [-0.39, 0.29) is 41.9 Å². The smallest absolute Gasteiger partial charge is 0.408 e. The van der Waals surface area contributed by atoms with Crippen LogP contribution in [0.5, 0.6) is 17.2 Å². The van der Waals surface area contributed by atoms with Crippen molar-refractivity contribution in [3.63, 3.8) is 0 Å². The minimum Gasteiger partial charge on any atom is -0.493 e. The molecule has 1 aromatic rings. The fraction of sp³-hybridized carbons (Fsp3) is 0.600. The summed E-state index contributed by atoms with van der Waals surface area (Å²) in [6.07, 6.45) is -4.43. The molecule has 2 rings (SSSR count). The molecule has 0 aliphatic carbocycles. The zero-order chi connectivity index (χ0) is 17.0. The van der Waals surface area contributed by atoms with Gasteiger partial charge in [-0.3, -0.25) is 4.90 Å². The molecule has 1 atom stereocenters. The first kappa shape index (κ1) is 23.9. The zero-order valence-electron chi connectivity index (χ0n) is 14.2. The molecule has 1 N–H and O–H groups in total. The van der Waals surface area contributed by atoms with Crippen molar-refractivity contribution < 1.29 is 27.4 Å². The molecule has 5 nitrogen and oxygen atoms in total. The highest BCUT2D eigenvalue weighted by atomic mass is 35.5. The number of piperazine rings is 1. The van der Waals surface area contributed by atoms with Crippen LogP contribution in [0.3, 0.4) is 0 Å². The summed E-state index contributed by atoms with van der Waals surface area (Å²) in [6.45, 7) is 1.65. The number of ether oxygens (including phenoxy) is 3. The van der Waals surface area contributed by atoms with Crippen molar-refractivity contribution in [2.45, 2.75) is 12.2 Å². The minimum atomic E-state index is -4.43. The lowest BCUT2D eigenvalue weighted by atomic mass is 10.0. The van der Waals surface area contributed by atoms with Crippen molar-refractivity contribution in [1.29, 1.82) is 0 Å². The molecule has 1 aliphatic heterocycles. The van der Waals surface area contributed by atoms with E-state index in [4.69, 9.17) is 14.2 Å². The third-order valence-corrected chi connectivity index (χ3v) is 3.86. The largest absolute Gasteiger partial charge is 0.493 e. The van der Waals surface area contributed by atoms with Crippen LogP contribution in [-0.4, -0.2) is 58.6 Å². The van der Waals surface area contributed by atoms with Gasteiger partial charge >= 0.3 is 6.18 Å². The number of rotatable bonds is 5. The van der Waals surface area contributed by atoms with Crippen molar-refractivity contribution >= 4 is 24.8 Å². The van der Waals surface area contributed by atoms with E-state index < -0.39 is 12.2 Å². The second-order valence-corrected chi connectivity index (χ2v) is 5.15. The summed E-state index contributed by atoms with van der Waals surface area (Å²) in [5.74, 6) is 0.541. The van der Waals surface area contributed by atoms with Gasteiger partial charge in [-0.1, -0.05) is 0 Å². The van der Waals surface area contributed by atoms with Gasteiger partial charge in [-0.25, -0.2) is 0 Å². The lowest BCUT2D eigenvalue weighted by molar-refractivity contribution is -0.188. The predicted octanol–water partition coefficient (Wildman–Crippen LogP) is 3.06. The topological polar surface area (TPSA) is 43.0 Å². The van der Waals surface area contributed by atoms with Crippen LogP contribution in [0.2, 0.25) is 0 Å². The highest BCUT2D eigenvalue weighted by Crippen LogP contribution is 2.48. The molecular weight excluding hydrogens is 384 g/mol. The summed E-state index contributed by atoms with van der Waals surface area (Å²) < 4.78 is 56.8. The first-order chi connectivity index (χ1) is 10.9. The molecule has 1 saturated heterocycles. The molecule has 1 heterocycles. The fourth-order valence-electron chi connectivity index (χ4n) is 2.86. The van der Waals surface area contributed by atoms with Crippen molar-refractivity contribution in [3.05, 3.63) is 17.7 Å². The second-order valence-electron chi connectivity index (χ2n) is 5.15. The van der Waals surface area contributed by atoms with E-state index >= 15 is 0 Å². The van der Waals surface area contributed by atoms with Gasteiger partial charge in [0.05, 0.1) is 21.3 Å². The summed E-state index contributed by atoms with van der Waals surface area (Å²) in [4.78, 5) is 1.40. The molecule has 0 bridgehead atoms. The number of nitrogens with one attached hydrogen (secondary N) is 1. The summed E-state index contributed by atoms with van der Waals surface area (Å²) in [5, 5.41) is 3.06. The minimum absolute atomic E-state index is 0. The van der Waals surface area contributed by atoms with Crippen molar-refractivity contribution in [3.8, 4) is 17.2 Å². The molecule has 1 aromatic carbocycles. The Balaban J connectivity index is 0.00000288. The Bertz CT molecular complexity index is 541. The third kappa shape index (κ3) is 5.20. The summed E-state index contributed by atoms with van der Waals surface area (Å²) in [5.41, 5.74) is 0.0274. The first-order valence-corrected chi connectivity index (χ1v) is 7.24. The lowest BCUT2D eigenvalue weighted by Crippen LogP contribution is -2.49. The predicted molar refractivity (Wildman–Crippen MR) is 93.8 cm³/mol. The molecule has 1 aliphatic rings. The van der Waals surface area contributed by atoms with Crippen molar-refractivity contribution in [2.24, 2.45) is 0 Å². The first-order valence-electron chi connectivity index (χ1n) is 7.24. The van der Waals surface area contributed by atoms with Gasteiger partial charge in [0.15, 0.2) is 11.5 Å². The number of hydrogen-bond donors (Lipinski definition) is 1. The van der Waals surface area contributed by atoms with E-state index in [1.807, 2.05) is 0 Å². The van der Waals surface area contributed by atoms with Gasteiger partial charge in [-0.05, 0) is 12.1 Å². The molecule has 25 heavy (non-hydrogen) atoms. The van der Waals surface area contributed by atoms with Gasteiger partial charge in [0, 0.05) is 31.7 Å². The number of nitrogens with zero attached hydrogens (tertiary/aromatic N) is 1. The van der Waals surface area contributed by atoms with E-state index in [1.165, 1.54) is 38.4 Å². The van der Waals surface area contributed by atoms with E-state index in [1.54, 1.807) is 0 Å². The molecule has 0 saturated carbocycles. The maximum atomic E-state index is 13.7. The van der Waals surface area contributed by atoms with Crippen molar-refractivity contribution in [2.75, 3.05) is 47.5 Å². The van der Waals surface area contributed by atoms with Crippen LogP contribution in [0.15, 0.2) is 12.1 Å². The van der Waals surface area contributed by atoms with Crippen LogP contribution in [0, 0.1) is 0 Å². The van der Waals surface area contributed by atoms with Gasteiger partial charge in [0.25, 0.3) is 0 Å². The average molecular weight is 407 g/mol. The van der Waals surface area contributed by atoms with E-state index in [2.05, 4.69) is 5.32 Å². The normalized spacial score (nSPS) is 16.2. The van der Waals surface area contributed by atoms with E-state index in [0.717, 1.165) is 0 Å². The van der Waals surface area contributed by atoms with Crippen LogP contribution < -0.4 is 19.5 Å². The van der Waals surface area contributed by atoms with Crippen molar-refractivity contribution in [1.82, 2.24) is 10.2 Å². The molecule has 0 spiro atoms. The fourth-order valence-corrected chi connectivity index (χ4v) is 2.86. The number of benzene rings is 1. The molecule has 0 amide bonds. The Labute approximate surface area is 157 Å². The van der Waals surface area contributed by atoms with Gasteiger partial charge in [-0.2, -0.15) is 13.2 Å². The summed E-state index contributed by atoms with van der Waals surface area (Å²) in [7, 11) is 4.12. The Morgan fingerprint density at radius 2 is 1.52 bits per heavy atom. The zero-order valence-corrected chi connectivity index (χ0v) is 15.8. The monoisotopic (exact) mass is 406 g/mol. The summed E-state index contributed by atoms with van der Waals surface area (Å²) >= 11 is 0. The number of halogens is 5. The molecule has 0 unspecified atom stereocenters. The second kappa shape index (κ2) is 10.2. The Morgan fingerprint density at radius 1 is 0.960 bits per heavy atom. The number of hydrogen-bond acceptors (Lipinski definition) is 5. The highest BCUT2D eigenvalue weighted by Gasteiger charge is 2.47. The maximum absolute atomic E-state index is 13.7. The van der Waals surface area contributed by atoms with Crippen LogP contribution in [0.25, 0.3) is 0 Å². The molecule has 146 valence electrons. The Morgan fingerprint density at radius 3 is 1.96 bits per heavy atom. The molecule has 0 aromatic heterocycles. The van der Waals surface area contributed by atoms with E-state index in [9.17, 15) is 13.2 Å². The molecule has 10 heteroatoms. The van der Waals surface area contributed by atoms with Gasteiger partial charge in [-0.15, -0.1) is 24.8 Å². The standard InChI is InChI=1S/C15H21F3N2O3.2ClH/c1-21-11-5-4-10(12(22-2)13(11)23-3)14(15(16,17)18)20-8-6-19-7-9-20;;/h4-5,14,19H,6-9H2,1-3H3;2*1H/t14-;;/m0../s1. The lowest BCUT2D eigenvalue weighted by Gasteiger charge is -2.36. The van der Waals surface area contributed by atoms with Gasteiger partial charge in [0.2, 0.25) is 5.75 Å². The van der Waals surface area contributed by atoms with Gasteiger partial charge < -0.3 is 19.5 Å². The van der Waals surface area contributed by atoms with Crippen LogP contribution in [0.1, 0.15) is 11.6 Å². The maximum Gasteiger partial charge on any atom is 0.408 e. The Hall–Kier alpha value is -1.09. The van der Waals surface area contributed by atoms with Crippen LogP contribution >= 0.6 is 24.8 Å². The SMILES string of the molecule is COc1ccc([C@H](N2CCNCC2)C(F)(F)F)c(OC)c1OC.Cl.Cl. The molecule has 0 radical (unpaired) electrons. The molecular formula is C15H23Cl2F3N2O3. The number of methoxy groups -OCH3 is 3. The highest BCUT2D eigenvalue weighted by molar-refractivity contribution is 5.85.